The van der Waals surface area contributed by atoms with Gasteiger partial charge in [-0.1, -0.05) is 24.3 Å². The normalized spacial score (nSPS) is 12.8. The van der Waals surface area contributed by atoms with Gasteiger partial charge in [0.25, 0.3) is 0 Å². The van der Waals surface area contributed by atoms with Gasteiger partial charge in [0.15, 0.2) is 5.78 Å². The van der Waals surface area contributed by atoms with Gasteiger partial charge in [-0.3, -0.25) is 4.79 Å². The van der Waals surface area contributed by atoms with Gasteiger partial charge in [-0.15, -0.1) is 0 Å². The van der Waals surface area contributed by atoms with E-state index in [0.29, 0.717) is 17.7 Å². The minimum absolute atomic E-state index is 0.0971. The smallest absolute Gasteiger partial charge is 0.165 e. The summed E-state index contributed by atoms with van der Waals surface area (Å²) in [5, 5.41) is 0. The zero-order chi connectivity index (χ0) is 13.9. The Labute approximate surface area is 118 Å². The Kier molecular flexibility index (Phi) is 3.42. The molecule has 2 aromatic rings. The van der Waals surface area contributed by atoms with Crippen LogP contribution >= 0.6 is 0 Å². The van der Waals surface area contributed by atoms with Crippen LogP contribution in [0, 0.1) is 0 Å². The molecule has 0 amide bonds. The molecular formula is C17H17NO2. The summed E-state index contributed by atoms with van der Waals surface area (Å²) in [6, 6.07) is 13.4. The number of carbonyl (C=O) groups is 1. The number of aryl methyl sites for hydroxylation is 1. The van der Waals surface area contributed by atoms with E-state index in [1.54, 1.807) is 12.1 Å². The van der Waals surface area contributed by atoms with Gasteiger partial charge in [0, 0.05) is 24.1 Å². The van der Waals surface area contributed by atoms with Gasteiger partial charge in [-0.05, 0) is 35.7 Å². The number of carbonyl (C=O) groups excluding carboxylic acids is 1. The number of ether oxygens (including phenoxy) is 1. The fourth-order valence-corrected chi connectivity index (χ4v) is 2.54. The second-order valence-electron chi connectivity index (χ2n) is 5.05. The van der Waals surface area contributed by atoms with E-state index in [1.165, 1.54) is 11.1 Å². The minimum Gasteiger partial charge on any atom is -0.493 e. The molecule has 3 rings (SSSR count). The molecule has 20 heavy (non-hydrogen) atoms. The average molecular weight is 267 g/mol. The monoisotopic (exact) mass is 267 g/mol. The maximum Gasteiger partial charge on any atom is 0.165 e. The van der Waals surface area contributed by atoms with E-state index in [1.807, 2.05) is 24.3 Å². The molecule has 1 aliphatic rings. The van der Waals surface area contributed by atoms with Gasteiger partial charge in [-0.2, -0.15) is 0 Å². The molecule has 3 heteroatoms. The number of hydrogen-bond donors (Lipinski definition) is 1. The van der Waals surface area contributed by atoms with Gasteiger partial charge in [0.1, 0.15) is 5.75 Å². The number of para-hydroxylation sites is 1. The van der Waals surface area contributed by atoms with Gasteiger partial charge >= 0.3 is 0 Å². The van der Waals surface area contributed by atoms with Crippen LogP contribution in [0.25, 0.3) is 0 Å². The van der Waals surface area contributed by atoms with Crippen LogP contribution in [0.2, 0.25) is 0 Å². The molecule has 0 aromatic heterocycles. The summed E-state index contributed by atoms with van der Waals surface area (Å²) in [5.74, 6) is 1.08. The van der Waals surface area contributed by atoms with Crippen LogP contribution in [0.15, 0.2) is 42.5 Å². The summed E-state index contributed by atoms with van der Waals surface area (Å²) in [4.78, 5) is 12.2. The summed E-state index contributed by atoms with van der Waals surface area (Å²) in [6.45, 7) is 0.762. The highest BCUT2D eigenvalue weighted by Gasteiger charge is 2.13. The first-order valence-corrected chi connectivity index (χ1v) is 6.86. The molecule has 1 heterocycles. The first-order chi connectivity index (χ1) is 9.74. The third-order valence-electron chi connectivity index (χ3n) is 3.66. The van der Waals surface area contributed by atoms with E-state index < -0.39 is 0 Å². The predicted molar refractivity (Wildman–Crippen MR) is 79.1 cm³/mol. The van der Waals surface area contributed by atoms with Gasteiger partial charge in [0.05, 0.1) is 6.61 Å². The largest absolute Gasteiger partial charge is 0.493 e. The molecule has 0 unspecified atom stereocenters. The van der Waals surface area contributed by atoms with Crippen molar-refractivity contribution in [2.75, 3.05) is 12.3 Å². The van der Waals surface area contributed by atoms with Crippen molar-refractivity contribution < 1.29 is 9.53 Å². The Balaban J connectivity index is 1.68. The van der Waals surface area contributed by atoms with Crippen molar-refractivity contribution in [3.63, 3.8) is 0 Å². The molecule has 1 aliphatic heterocycles. The number of anilines is 1. The Morgan fingerprint density at radius 3 is 2.90 bits per heavy atom. The van der Waals surface area contributed by atoms with Gasteiger partial charge < -0.3 is 10.5 Å². The molecule has 102 valence electrons. The van der Waals surface area contributed by atoms with Crippen LogP contribution in [-0.4, -0.2) is 12.4 Å². The molecule has 2 aromatic carbocycles. The molecule has 0 radical (unpaired) electrons. The van der Waals surface area contributed by atoms with Crippen molar-refractivity contribution >= 4 is 11.5 Å². The highest BCUT2D eigenvalue weighted by molar-refractivity contribution is 6.00. The molecule has 0 fully saturated rings. The highest BCUT2D eigenvalue weighted by Crippen LogP contribution is 2.26. The Morgan fingerprint density at radius 2 is 2.05 bits per heavy atom. The van der Waals surface area contributed by atoms with Crippen LogP contribution < -0.4 is 10.5 Å². The van der Waals surface area contributed by atoms with Crippen LogP contribution in [0.1, 0.15) is 27.9 Å². The van der Waals surface area contributed by atoms with Gasteiger partial charge in [-0.25, -0.2) is 0 Å². The van der Waals surface area contributed by atoms with Crippen LogP contribution in [0.5, 0.6) is 5.75 Å². The molecule has 0 saturated carbocycles. The fraction of sp³-hybridized carbons (Fsp3) is 0.235. The second kappa shape index (κ2) is 5.37. The van der Waals surface area contributed by atoms with E-state index in [9.17, 15) is 4.79 Å². The Morgan fingerprint density at radius 1 is 1.20 bits per heavy atom. The first kappa shape index (κ1) is 12.7. The standard InChI is InChI=1S/C17H17NO2/c18-15-4-2-1-3-14(15)16(19)7-5-12-6-8-17-13(11-12)9-10-20-17/h1-4,6,8,11H,5,7,9-10,18H2. The molecule has 2 N–H and O–H groups in total. The lowest BCUT2D eigenvalue weighted by Crippen LogP contribution is -2.05. The third kappa shape index (κ3) is 2.52. The maximum atomic E-state index is 12.2. The quantitative estimate of drug-likeness (QED) is 0.684. The summed E-state index contributed by atoms with van der Waals surface area (Å²) < 4.78 is 5.48. The number of benzene rings is 2. The number of nitrogen functional groups attached to an aromatic ring is 1. The summed E-state index contributed by atoms with van der Waals surface area (Å²) in [6.07, 6.45) is 2.18. The summed E-state index contributed by atoms with van der Waals surface area (Å²) >= 11 is 0. The number of nitrogens with two attached hydrogens (primary N) is 1. The number of Topliss-reactive ketones (excluding diaryl/α,β-unsaturated/α-hetero) is 1. The van der Waals surface area contributed by atoms with Crippen molar-refractivity contribution in [1.82, 2.24) is 0 Å². The number of fused-ring (bicyclic) bond motifs is 1. The predicted octanol–water partition coefficient (Wildman–Crippen LogP) is 3.02. The second-order valence-corrected chi connectivity index (χ2v) is 5.05. The molecule has 3 nitrogen and oxygen atoms in total. The zero-order valence-electron chi connectivity index (χ0n) is 11.3. The van der Waals surface area contributed by atoms with E-state index in [0.717, 1.165) is 25.2 Å². The van der Waals surface area contributed by atoms with E-state index >= 15 is 0 Å². The Hall–Kier alpha value is -2.29. The van der Waals surface area contributed by atoms with Crippen molar-refractivity contribution in [3.8, 4) is 5.75 Å². The number of hydrogen-bond acceptors (Lipinski definition) is 3. The van der Waals surface area contributed by atoms with E-state index in [4.69, 9.17) is 10.5 Å². The number of rotatable bonds is 4. The lowest BCUT2D eigenvalue weighted by molar-refractivity contribution is 0.0983. The van der Waals surface area contributed by atoms with Crippen molar-refractivity contribution in [2.24, 2.45) is 0 Å². The Bertz CT molecular complexity index is 649. The fourth-order valence-electron chi connectivity index (χ4n) is 2.54. The van der Waals surface area contributed by atoms with Crippen molar-refractivity contribution in [2.45, 2.75) is 19.3 Å². The molecule has 0 atom stereocenters. The average Bonchev–Trinajstić information content (AvgIpc) is 2.92. The third-order valence-corrected chi connectivity index (χ3v) is 3.66. The molecule has 0 bridgehead atoms. The molecular weight excluding hydrogens is 250 g/mol. The number of ketones is 1. The topological polar surface area (TPSA) is 52.3 Å². The lowest BCUT2D eigenvalue weighted by atomic mass is 10.00. The summed E-state index contributed by atoms with van der Waals surface area (Å²) in [7, 11) is 0. The highest BCUT2D eigenvalue weighted by atomic mass is 16.5. The van der Waals surface area contributed by atoms with Crippen LogP contribution in [-0.2, 0) is 12.8 Å². The van der Waals surface area contributed by atoms with Gasteiger partial charge in [0.2, 0.25) is 0 Å². The van der Waals surface area contributed by atoms with Crippen LogP contribution in [0.3, 0.4) is 0 Å². The zero-order valence-corrected chi connectivity index (χ0v) is 11.3. The van der Waals surface area contributed by atoms with Crippen LogP contribution in [0.4, 0.5) is 5.69 Å². The van der Waals surface area contributed by atoms with Crippen molar-refractivity contribution in [3.05, 3.63) is 59.2 Å². The molecule has 0 spiro atoms. The molecule has 0 saturated heterocycles. The first-order valence-electron chi connectivity index (χ1n) is 6.86. The maximum absolute atomic E-state index is 12.2. The SMILES string of the molecule is Nc1ccccc1C(=O)CCc1ccc2c(c1)CCO2. The lowest BCUT2D eigenvalue weighted by Gasteiger charge is -2.06. The molecule has 0 aliphatic carbocycles. The summed E-state index contributed by atoms with van der Waals surface area (Å²) in [5.41, 5.74) is 9.43. The van der Waals surface area contributed by atoms with E-state index in [2.05, 4.69) is 6.07 Å². The van der Waals surface area contributed by atoms with Crippen molar-refractivity contribution in [1.29, 1.82) is 0 Å². The van der Waals surface area contributed by atoms with E-state index in [-0.39, 0.29) is 5.78 Å². The minimum atomic E-state index is 0.0971.